The van der Waals surface area contributed by atoms with E-state index in [2.05, 4.69) is 4.98 Å². The lowest BCUT2D eigenvalue weighted by atomic mass is 10.3. The van der Waals surface area contributed by atoms with Crippen LogP contribution in [0.5, 0.6) is 11.5 Å². The number of pyridine rings is 1. The van der Waals surface area contributed by atoms with Crippen molar-refractivity contribution in [3.05, 3.63) is 53.1 Å². The van der Waals surface area contributed by atoms with Gasteiger partial charge in [0.15, 0.2) is 5.75 Å². The van der Waals surface area contributed by atoms with Crippen LogP contribution in [0.3, 0.4) is 0 Å². The quantitative estimate of drug-likeness (QED) is 0.878. The molecular weight excluding hydrogens is 275 g/mol. The molecule has 18 heavy (non-hydrogen) atoms. The maximum absolute atomic E-state index is 13.3. The van der Waals surface area contributed by atoms with Crippen LogP contribution in [0.4, 0.5) is 4.39 Å². The van der Waals surface area contributed by atoms with Gasteiger partial charge in [0.05, 0.1) is 5.02 Å². The molecule has 6 heteroatoms. The first kappa shape index (κ1) is 12.7. The van der Waals surface area contributed by atoms with Gasteiger partial charge in [0, 0.05) is 12.3 Å². The Morgan fingerprint density at radius 2 is 2.17 bits per heavy atom. The molecule has 0 aliphatic carbocycles. The highest BCUT2D eigenvalue weighted by atomic mass is 35.5. The van der Waals surface area contributed by atoms with Crippen molar-refractivity contribution in [2.24, 2.45) is 5.73 Å². The standard InChI is InChI=1S/C12H8ClFN2OS/c13-8-4-3-7(6-9(8)14)17-10-2-1-5-16-11(10)12(15)18/h1-6H,(H2,15,18). The molecule has 0 saturated heterocycles. The molecule has 3 nitrogen and oxygen atoms in total. The van der Waals surface area contributed by atoms with Gasteiger partial charge in [-0.15, -0.1) is 0 Å². The van der Waals surface area contributed by atoms with E-state index in [1.165, 1.54) is 12.1 Å². The van der Waals surface area contributed by atoms with Gasteiger partial charge >= 0.3 is 0 Å². The summed E-state index contributed by atoms with van der Waals surface area (Å²) in [5.41, 5.74) is 5.87. The number of thiocarbonyl (C=S) groups is 1. The molecule has 0 unspecified atom stereocenters. The highest BCUT2D eigenvalue weighted by Crippen LogP contribution is 2.26. The Balaban J connectivity index is 2.34. The Bertz CT molecular complexity index is 606. The summed E-state index contributed by atoms with van der Waals surface area (Å²) in [4.78, 5) is 4.11. The van der Waals surface area contributed by atoms with Crippen LogP contribution < -0.4 is 10.5 Å². The molecule has 0 aliphatic rings. The number of hydrogen-bond donors (Lipinski definition) is 1. The Morgan fingerprint density at radius 3 is 2.83 bits per heavy atom. The van der Waals surface area contributed by atoms with Gasteiger partial charge in [-0.1, -0.05) is 23.8 Å². The Kier molecular flexibility index (Phi) is 3.74. The summed E-state index contributed by atoms with van der Waals surface area (Å²) in [7, 11) is 0. The lowest BCUT2D eigenvalue weighted by Crippen LogP contribution is -2.12. The third-order valence-electron chi connectivity index (χ3n) is 2.12. The fourth-order valence-corrected chi connectivity index (χ4v) is 1.60. The summed E-state index contributed by atoms with van der Waals surface area (Å²) in [5, 5.41) is 0.0307. The van der Waals surface area contributed by atoms with E-state index in [1.807, 2.05) is 0 Å². The molecule has 0 saturated carbocycles. The smallest absolute Gasteiger partial charge is 0.156 e. The number of nitrogens with two attached hydrogens (primary N) is 1. The highest BCUT2D eigenvalue weighted by Gasteiger charge is 2.09. The van der Waals surface area contributed by atoms with Crippen LogP contribution in [0.1, 0.15) is 5.69 Å². The summed E-state index contributed by atoms with van der Waals surface area (Å²) >= 11 is 10.4. The molecule has 2 aromatic rings. The molecule has 0 amide bonds. The third-order valence-corrected chi connectivity index (χ3v) is 2.62. The van der Waals surface area contributed by atoms with Crippen molar-refractivity contribution >= 4 is 28.8 Å². The lowest BCUT2D eigenvalue weighted by molar-refractivity contribution is 0.473. The van der Waals surface area contributed by atoms with Crippen molar-refractivity contribution in [3.8, 4) is 11.5 Å². The molecule has 2 N–H and O–H groups in total. The Morgan fingerprint density at radius 1 is 1.39 bits per heavy atom. The number of aromatic nitrogens is 1. The van der Waals surface area contributed by atoms with Crippen molar-refractivity contribution in [1.29, 1.82) is 0 Å². The van der Waals surface area contributed by atoms with Gasteiger partial charge in [-0.3, -0.25) is 0 Å². The topological polar surface area (TPSA) is 48.1 Å². The van der Waals surface area contributed by atoms with Gasteiger partial charge in [0.1, 0.15) is 22.2 Å². The fraction of sp³-hybridized carbons (Fsp3) is 0. The van der Waals surface area contributed by atoms with Crippen LogP contribution in [0, 0.1) is 5.82 Å². The molecule has 92 valence electrons. The van der Waals surface area contributed by atoms with Gasteiger partial charge in [0.2, 0.25) is 0 Å². The molecule has 1 heterocycles. The van der Waals surface area contributed by atoms with Gasteiger partial charge in [-0.25, -0.2) is 9.37 Å². The molecule has 0 aliphatic heterocycles. The van der Waals surface area contributed by atoms with E-state index >= 15 is 0 Å². The molecule has 0 fully saturated rings. The molecule has 0 spiro atoms. The van der Waals surface area contributed by atoms with E-state index in [9.17, 15) is 4.39 Å². The first-order valence-corrected chi connectivity index (χ1v) is 5.74. The third kappa shape index (κ3) is 2.75. The molecule has 1 aromatic carbocycles. The van der Waals surface area contributed by atoms with Crippen molar-refractivity contribution in [2.75, 3.05) is 0 Å². The number of rotatable bonds is 3. The second-order valence-corrected chi connectivity index (χ2v) is 4.24. The van der Waals surface area contributed by atoms with E-state index in [1.54, 1.807) is 24.4 Å². The van der Waals surface area contributed by atoms with Gasteiger partial charge in [-0.2, -0.15) is 0 Å². The fourth-order valence-electron chi connectivity index (χ4n) is 1.33. The maximum atomic E-state index is 13.3. The van der Waals surface area contributed by atoms with E-state index in [0.717, 1.165) is 0 Å². The highest BCUT2D eigenvalue weighted by molar-refractivity contribution is 7.80. The van der Waals surface area contributed by atoms with Crippen LogP contribution >= 0.6 is 23.8 Å². The largest absolute Gasteiger partial charge is 0.455 e. The maximum Gasteiger partial charge on any atom is 0.156 e. The summed E-state index contributed by atoms with van der Waals surface area (Å²) in [6.07, 6.45) is 1.55. The minimum atomic E-state index is -0.560. The van der Waals surface area contributed by atoms with Crippen LogP contribution in [-0.4, -0.2) is 9.97 Å². The average molecular weight is 283 g/mol. The van der Waals surface area contributed by atoms with Crippen LogP contribution in [-0.2, 0) is 0 Å². The van der Waals surface area contributed by atoms with Crippen LogP contribution in [0.15, 0.2) is 36.5 Å². The first-order chi connectivity index (χ1) is 8.58. The minimum Gasteiger partial charge on any atom is -0.455 e. The normalized spacial score (nSPS) is 10.1. The van der Waals surface area contributed by atoms with Gasteiger partial charge in [-0.05, 0) is 24.3 Å². The molecule has 0 atom stereocenters. The van der Waals surface area contributed by atoms with Crippen molar-refractivity contribution in [3.63, 3.8) is 0 Å². The molecule has 2 rings (SSSR count). The monoisotopic (exact) mass is 282 g/mol. The molecular formula is C12H8ClFN2OS. The summed E-state index contributed by atoms with van der Waals surface area (Å²) in [6, 6.07) is 7.45. The number of ether oxygens (including phenoxy) is 1. The summed E-state index contributed by atoms with van der Waals surface area (Å²) in [6.45, 7) is 0. The van der Waals surface area contributed by atoms with Gasteiger partial charge < -0.3 is 10.5 Å². The predicted molar refractivity (Wildman–Crippen MR) is 71.6 cm³/mol. The van der Waals surface area contributed by atoms with Crippen molar-refractivity contribution < 1.29 is 9.13 Å². The Hall–Kier alpha value is -1.72. The molecule has 0 radical (unpaired) electrons. The zero-order valence-corrected chi connectivity index (χ0v) is 10.6. The zero-order valence-electron chi connectivity index (χ0n) is 9.06. The number of nitrogens with zero attached hydrogens (tertiary/aromatic N) is 1. The second-order valence-electron chi connectivity index (χ2n) is 3.39. The van der Waals surface area contributed by atoms with Crippen LogP contribution in [0.25, 0.3) is 0 Å². The van der Waals surface area contributed by atoms with E-state index < -0.39 is 5.82 Å². The SMILES string of the molecule is NC(=S)c1ncccc1Oc1ccc(Cl)c(F)c1. The van der Waals surface area contributed by atoms with E-state index in [-0.39, 0.29) is 10.0 Å². The molecule has 0 bridgehead atoms. The lowest BCUT2D eigenvalue weighted by Gasteiger charge is -2.09. The predicted octanol–water partition coefficient (Wildman–Crippen LogP) is 3.30. The summed E-state index contributed by atoms with van der Waals surface area (Å²) < 4.78 is 18.7. The van der Waals surface area contributed by atoms with Crippen LogP contribution in [0.2, 0.25) is 5.02 Å². The second kappa shape index (κ2) is 5.29. The number of hydrogen-bond acceptors (Lipinski definition) is 3. The Labute approximate surface area is 113 Å². The average Bonchev–Trinajstić information content (AvgIpc) is 2.34. The van der Waals surface area contributed by atoms with E-state index in [0.29, 0.717) is 17.2 Å². The van der Waals surface area contributed by atoms with Crippen molar-refractivity contribution in [1.82, 2.24) is 4.98 Å². The van der Waals surface area contributed by atoms with Crippen molar-refractivity contribution in [2.45, 2.75) is 0 Å². The molecule has 1 aromatic heterocycles. The summed E-state index contributed by atoms with van der Waals surface area (Å²) in [5.74, 6) is 0.101. The van der Waals surface area contributed by atoms with Gasteiger partial charge in [0.25, 0.3) is 0 Å². The first-order valence-electron chi connectivity index (χ1n) is 4.95. The number of halogens is 2. The zero-order chi connectivity index (χ0) is 13.1. The number of benzene rings is 1. The van der Waals surface area contributed by atoms with E-state index in [4.69, 9.17) is 34.3 Å². The minimum absolute atomic E-state index is 0.0307.